The van der Waals surface area contributed by atoms with Crippen LogP contribution in [0, 0.1) is 5.82 Å². The number of benzene rings is 1. The Morgan fingerprint density at radius 1 is 1.60 bits per heavy atom. The van der Waals surface area contributed by atoms with Crippen LogP contribution in [-0.2, 0) is 0 Å². The molecule has 0 fully saturated rings. The van der Waals surface area contributed by atoms with Crippen LogP contribution in [0.25, 0.3) is 0 Å². The van der Waals surface area contributed by atoms with Gasteiger partial charge < -0.3 is 10.5 Å². The van der Waals surface area contributed by atoms with Crippen molar-refractivity contribution in [2.45, 2.75) is 6.42 Å². The first kappa shape index (κ1) is 11.9. The fourth-order valence-electron chi connectivity index (χ4n) is 1.15. The molecule has 0 atom stereocenters. The summed E-state index contributed by atoms with van der Waals surface area (Å²) in [5.41, 5.74) is 5.45. The topological polar surface area (TPSA) is 52.3 Å². The highest BCUT2D eigenvalue weighted by Crippen LogP contribution is 2.28. The van der Waals surface area contributed by atoms with E-state index in [0.717, 1.165) is 6.07 Å². The predicted octanol–water partition coefficient (Wildman–Crippen LogP) is 2.02. The summed E-state index contributed by atoms with van der Waals surface area (Å²) in [5, 5.41) is -0.123. The Morgan fingerprint density at radius 3 is 2.80 bits per heavy atom. The number of carbonyl (C=O) groups excluding carboxylic acids is 1. The Balaban J connectivity index is 3.10. The van der Waals surface area contributed by atoms with E-state index in [1.807, 2.05) is 0 Å². The summed E-state index contributed by atoms with van der Waals surface area (Å²) >= 11 is 5.61. The molecule has 0 spiro atoms. The van der Waals surface area contributed by atoms with Crippen molar-refractivity contribution in [2.24, 2.45) is 5.73 Å². The molecule has 0 saturated carbocycles. The van der Waals surface area contributed by atoms with Crippen molar-refractivity contribution in [3.63, 3.8) is 0 Å². The molecular weight excluding hydrogens is 221 g/mol. The molecule has 0 aromatic heterocycles. The number of nitrogens with two attached hydrogens (primary N) is 1. The smallest absolute Gasteiger partial charge is 0.164 e. The van der Waals surface area contributed by atoms with E-state index in [1.165, 1.54) is 13.2 Å². The molecule has 82 valence electrons. The number of rotatable bonds is 4. The second kappa shape index (κ2) is 5.09. The lowest BCUT2D eigenvalue weighted by atomic mass is 10.1. The summed E-state index contributed by atoms with van der Waals surface area (Å²) in [6.07, 6.45) is 0.171. The van der Waals surface area contributed by atoms with Gasteiger partial charge in [0.05, 0.1) is 7.11 Å². The fraction of sp³-hybridized carbons (Fsp3) is 0.300. The molecule has 5 heteroatoms. The minimum absolute atomic E-state index is 0.123. The Morgan fingerprint density at radius 2 is 2.27 bits per heavy atom. The highest BCUT2D eigenvalue weighted by atomic mass is 35.5. The second-order valence-electron chi connectivity index (χ2n) is 2.94. The summed E-state index contributed by atoms with van der Waals surface area (Å²) in [7, 11) is 1.36. The van der Waals surface area contributed by atoms with Crippen molar-refractivity contribution in [2.75, 3.05) is 13.7 Å². The lowest BCUT2D eigenvalue weighted by Crippen LogP contribution is -2.08. The van der Waals surface area contributed by atoms with Gasteiger partial charge in [-0.1, -0.05) is 11.6 Å². The number of carbonyl (C=O) groups is 1. The largest absolute Gasteiger partial charge is 0.495 e. The Hall–Kier alpha value is -1.13. The van der Waals surface area contributed by atoms with Crippen LogP contribution < -0.4 is 10.5 Å². The lowest BCUT2D eigenvalue weighted by Gasteiger charge is -2.06. The average Bonchev–Trinajstić information content (AvgIpc) is 2.22. The summed E-state index contributed by atoms with van der Waals surface area (Å²) < 4.78 is 18.1. The molecule has 0 saturated heterocycles. The van der Waals surface area contributed by atoms with Crippen molar-refractivity contribution >= 4 is 17.4 Å². The van der Waals surface area contributed by atoms with Gasteiger partial charge in [0.25, 0.3) is 0 Å². The number of halogens is 2. The second-order valence-corrected chi connectivity index (χ2v) is 3.31. The zero-order valence-electron chi connectivity index (χ0n) is 8.22. The number of hydrogen-bond donors (Lipinski definition) is 1. The molecule has 15 heavy (non-hydrogen) atoms. The van der Waals surface area contributed by atoms with E-state index in [0.29, 0.717) is 0 Å². The van der Waals surface area contributed by atoms with Crippen molar-refractivity contribution in [3.05, 3.63) is 28.5 Å². The summed E-state index contributed by atoms with van der Waals surface area (Å²) in [6.45, 7) is 0.228. The van der Waals surface area contributed by atoms with Crippen LogP contribution in [-0.4, -0.2) is 19.4 Å². The predicted molar refractivity (Wildman–Crippen MR) is 56.0 cm³/mol. The summed E-state index contributed by atoms with van der Waals surface area (Å²) in [4.78, 5) is 11.4. The molecule has 0 bridgehead atoms. The normalized spacial score (nSPS) is 10.1. The SMILES string of the molecule is COc1cc(C(=O)CCN)cc(F)c1Cl. The van der Waals surface area contributed by atoms with Gasteiger partial charge in [0.15, 0.2) is 5.78 Å². The van der Waals surface area contributed by atoms with E-state index in [1.54, 1.807) is 0 Å². The maximum Gasteiger partial charge on any atom is 0.164 e. The third-order valence-electron chi connectivity index (χ3n) is 1.91. The van der Waals surface area contributed by atoms with Crippen molar-refractivity contribution in [1.29, 1.82) is 0 Å². The number of Topliss-reactive ketones (excluding diaryl/α,β-unsaturated/α-hetero) is 1. The van der Waals surface area contributed by atoms with Crippen LogP contribution in [0.1, 0.15) is 16.8 Å². The van der Waals surface area contributed by atoms with E-state index in [9.17, 15) is 9.18 Å². The Labute approximate surface area is 92.0 Å². The summed E-state index contributed by atoms with van der Waals surface area (Å²) in [6, 6.07) is 2.49. The van der Waals surface area contributed by atoms with Gasteiger partial charge in [0.2, 0.25) is 0 Å². The van der Waals surface area contributed by atoms with Gasteiger partial charge in [0, 0.05) is 12.0 Å². The van der Waals surface area contributed by atoms with Crippen molar-refractivity contribution in [3.8, 4) is 5.75 Å². The van der Waals surface area contributed by atoms with Gasteiger partial charge in [-0.3, -0.25) is 4.79 Å². The molecule has 1 rings (SSSR count). The van der Waals surface area contributed by atoms with Crippen LogP contribution in [0.2, 0.25) is 5.02 Å². The van der Waals surface area contributed by atoms with Crippen LogP contribution in [0.5, 0.6) is 5.75 Å². The van der Waals surface area contributed by atoms with E-state index >= 15 is 0 Å². The van der Waals surface area contributed by atoms with Gasteiger partial charge in [-0.2, -0.15) is 0 Å². The molecule has 3 nitrogen and oxygen atoms in total. The average molecular weight is 232 g/mol. The van der Waals surface area contributed by atoms with Crippen LogP contribution >= 0.6 is 11.6 Å². The van der Waals surface area contributed by atoms with E-state index in [-0.39, 0.29) is 35.1 Å². The number of hydrogen-bond acceptors (Lipinski definition) is 3. The number of ether oxygens (including phenoxy) is 1. The van der Waals surface area contributed by atoms with Crippen molar-refractivity contribution in [1.82, 2.24) is 0 Å². The van der Waals surface area contributed by atoms with Gasteiger partial charge in [-0.15, -0.1) is 0 Å². The lowest BCUT2D eigenvalue weighted by molar-refractivity contribution is 0.0984. The quantitative estimate of drug-likeness (QED) is 0.807. The molecular formula is C10H11ClFNO2. The zero-order valence-corrected chi connectivity index (χ0v) is 8.97. The zero-order chi connectivity index (χ0) is 11.4. The Bertz CT molecular complexity index is 382. The standard InChI is InChI=1S/C10H11ClFNO2/c1-15-9-5-6(8(14)2-3-13)4-7(12)10(9)11/h4-5H,2-3,13H2,1H3. The Kier molecular flexibility index (Phi) is 4.05. The first-order valence-corrected chi connectivity index (χ1v) is 4.74. The molecule has 0 amide bonds. The summed E-state index contributed by atoms with van der Waals surface area (Å²) in [5.74, 6) is -0.750. The third-order valence-corrected chi connectivity index (χ3v) is 2.27. The molecule has 0 radical (unpaired) electrons. The highest BCUT2D eigenvalue weighted by molar-refractivity contribution is 6.32. The third kappa shape index (κ3) is 2.67. The maximum absolute atomic E-state index is 13.2. The molecule has 0 aliphatic carbocycles. The molecule has 2 N–H and O–H groups in total. The minimum atomic E-state index is -0.670. The molecule has 0 heterocycles. The number of methoxy groups -OCH3 is 1. The van der Waals surface area contributed by atoms with E-state index in [2.05, 4.69) is 0 Å². The highest BCUT2D eigenvalue weighted by Gasteiger charge is 2.13. The van der Waals surface area contributed by atoms with Gasteiger partial charge in [-0.25, -0.2) is 4.39 Å². The fourth-order valence-corrected chi connectivity index (χ4v) is 1.34. The van der Waals surface area contributed by atoms with Crippen LogP contribution in [0.4, 0.5) is 4.39 Å². The molecule has 0 aliphatic heterocycles. The van der Waals surface area contributed by atoms with Crippen molar-refractivity contribution < 1.29 is 13.9 Å². The first-order chi connectivity index (χ1) is 7.10. The molecule has 1 aromatic carbocycles. The van der Waals surface area contributed by atoms with Gasteiger partial charge in [-0.05, 0) is 18.7 Å². The minimum Gasteiger partial charge on any atom is -0.495 e. The van der Waals surface area contributed by atoms with Crippen LogP contribution in [0.15, 0.2) is 12.1 Å². The van der Waals surface area contributed by atoms with E-state index in [4.69, 9.17) is 22.1 Å². The van der Waals surface area contributed by atoms with Gasteiger partial charge >= 0.3 is 0 Å². The maximum atomic E-state index is 13.2. The first-order valence-electron chi connectivity index (χ1n) is 4.36. The number of ketones is 1. The monoisotopic (exact) mass is 231 g/mol. The van der Waals surface area contributed by atoms with Crippen LogP contribution in [0.3, 0.4) is 0 Å². The molecule has 0 unspecified atom stereocenters. The molecule has 1 aromatic rings. The van der Waals surface area contributed by atoms with E-state index < -0.39 is 5.82 Å². The van der Waals surface area contributed by atoms with Gasteiger partial charge in [0.1, 0.15) is 16.6 Å². The molecule has 0 aliphatic rings.